The lowest BCUT2D eigenvalue weighted by atomic mass is 10.0. The number of likely N-dealkylation sites (tertiary alicyclic amines) is 1. The molecule has 0 radical (unpaired) electrons. The standard InChI is InChI=1S/C28H31F2N7O2S/c1-18(2)36-10-8-23(9-11-36)37-15-21(14-32-37)19-5-7-24(25(12-19)40-17-38)35(3)16-22-6-4-20(13-31-22)27-33-34-28(39-27)26(29)30/h4-7,12-15,17-18,23,26H,8-11,16H2,1-3H3. The first-order chi connectivity index (χ1) is 19.3. The van der Waals surface area contributed by atoms with Crippen molar-refractivity contribution in [1.29, 1.82) is 0 Å². The third-order valence-corrected chi connectivity index (χ3v) is 7.86. The summed E-state index contributed by atoms with van der Waals surface area (Å²) in [5.74, 6) is -0.728. The van der Waals surface area contributed by atoms with Crippen LogP contribution in [0.2, 0.25) is 0 Å². The van der Waals surface area contributed by atoms with Gasteiger partial charge in [-0.05, 0) is 56.5 Å². The lowest BCUT2D eigenvalue weighted by molar-refractivity contribution is 0.116. The van der Waals surface area contributed by atoms with Crippen molar-refractivity contribution in [2.75, 3.05) is 25.0 Å². The van der Waals surface area contributed by atoms with Crippen molar-refractivity contribution >= 4 is 23.1 Å². The number of piperidine rings is 1. The predicted molar refractivity (Wildman–Crippen MR) is 150 cm³/mol. The molecule has 4 heterocycles. The number of nitrogens with zero attached hydrogens (tertiary/aromatic N) is 7. The zero-order chi connectivity index (χ0) is 28.2. The fourth-order valence-corrected chi connectivity index (χ4v) is 5.56. The molecule has 0 bridgehead atoms. The number of carbonyl (C=O) groups excluding carboxylic acids is 1. The quantitative estimate of drug-likeness (QED) is 0.172. The zero-order valence-corrected chi connectivity index (χ0v) is 23.4. The fourth-order valence-electron chi connectivity index (χ4n) is 4.92. The Morgan fingerprint density at radius 3 is 2.52 bits per heavy atom. The van der Waals surface area contributed by atoms with Gasteiger partial charge in [-0.1, -0.05) is 17.8 Å². The summed E-state index contributed by atoms with van der Waals surface area (Å²) in [5.41, 5.74) is 4.93. The molecule has 1 saturated heterocycles. The van der Waals surface area contributed by atoms with Crippen LogP contribution in [-0.4, -0.2) is 61.7 Å². The number of hydrogen-bond acceptors (Lipinski definition) is 9. The van der Waals surface area contributed by atoms with Gasteiger partial charge in [0.2, 0.25) is 5.89 Å². The molecule has 0 amide bonds. The topological polar surface area (TPSA) is 93.2 Å². The van der Waals surface area contributed by atoms with Crippen LogP contribution in [0, 0.1) is 0 Å². The van der Waals surface area contributed by atoms with Crippen molar-refractivity contribution in [3.63, 3.8) is 0 Å². The number of rotatable bonds is 10. The van der Waals surface area contributed by atoms with Gasteiger partial charge in [0.05, 0.1) is 35.7 Å². The third kappa shape index (κ3) is 6.23. The third-order valence-electron chi connectivity index (χ3n) is 7.18. The molecule has 4 aromatic rings. The zero-order valence-electron chi connectivity index (χ0n) is 22.6. The molecule has 1 aromatic carbocycles. The average molecular weight is 568 g/mol. The van der Waals surface area contributed by atoms with Gasteiger partial charge in [0, 0.05) is 49.0 Å². The Kier molecular flexibility index (Phi) is 8.55. The molecule has 12 heteroatoms. The monoisotopic (exact) mass is 567 g/mol. The molecule has 0 N–H and O–H groups in total. The highest BCUT2D eigenvalue weighted by atomic mass is 32.2. The van der Waals surface area contributed by atoms with E-state index in [0.29, 0.717) is 24.2 Å². The molecule has 0 aliphatic carbocycles. The Morgan fingerprint density at radius 2 is 1.88 bits per heavy atom. The van der Waals surface area contributed by atoms with Crippen LogP contribution in [0.15, 0.2) is 58.2 Å². The van der Waals surface area contributed by atoms with Gasteiger partial charge in [-0.3, -0.25) is 14.5 Å². The first-order valence-electron chi connectivity index (χ1n) is 13.1. The van der Waals surface area contributed by atoms with Crippen LogP contribution in [0.4, 0.5) is 14.5 Å². The maximum Gasteiger partial charge on any atom is 0.314 e. The Balaban J connectivity index is 1.28. The van der Waals surface area contributed by atoms with E-state index in [-0.39, 0.29) is 5.89 Å². The van der Waals surface area contributed by atoms with Gasteiger partial charge in [0.1, 0.15) is 0 Å². The molecule has 0 unspecified atom stereocenters. The van der Waals surface area contributed by atoms with Gasteiger partial charge in [0.25, 0.3) is 5.89 Å². The van der Waals surface area contributed by atoms with E-state index >= 15 is 0 Å². The maximum atomic E-state index is 12.7. The summed E-state index contributed by atoms with van der Waals surface area (Å²) < 4.78 is 32.6. The molecular weight excluding hydrogens is 536 g/mol. The Morgan fingerprint density at radius 1 is 1.10 bits per heavy atom. The van der Waals surface area contributed by atoms with Gasteiger partial charge in [-0.15, -0.1) is 10.2 Å². The van der Waals surface area contributed by atoms with Crippen LogP contribution in [0.1, 0.15) is 50.7 Å². The van der Waals surface area contributed by atoms with E-state index in [9.17, 15) is 13.6 Å². The molecule has 1 aliphatic heterocycles. The molecule has 5 rings (SSSR count). The lowest BCUT2D eigenvalue weighted by Crippen LogP contribution is -2.39. The largest absolute Gasteiger partial charge is 0.415 e. The average Bonchev–Trinajstić information content (AvgIpc) is 3.65. The van der Waals surface area contributed by atoms with Gasteiger partial charge in [0.15, 0.2) is 5.62 Å². The highest BCUT2D eigenvalue weighted by Crippen LogP contribution is 2.34. The fraction of sp³-hybridized carbons (Fsp3) is 0.393. The van der Waals surface area contributed by atoms with E-state index in [2.05, 4.69) is 49.9 Å². The molecule has 9 nitrogen and oxygen atoms in total. The van der Waals surface area contributed by atoms with E-state index in [4.69, 9.17) is 4.42 Å². The van der Waals surface area contributed by atoms with Crippen molar-refractivity contribution in [2.45, 2.75) is 56.6 Å². The van der Waals surface area contributed by atoms with Crippen LogP contribution in [-0.2, 0) is 11.3 Å². The number of thioether (sulfide) groups is 1. The molecular formula is C28H31F2N7O2S. The second kappa shape index (κ2) is 12.3. The van der Waals surface area contributed by atoms with Gasteiger partial charge in [-0.2, -0.15) is 13.9 Å². The Labute approximate surface area is 235 Å². The van der Waals surface area contributed by atoms with Crippen molar-refractivity contribution in [1.82, 2.24) is 29.9 Å². The van der Waals surface area contributed by atoms with E-state index in [1.54, 1.807) is 12.1 Å². The number of benzene rings is 1. The number of carbonyl (C=O) groups is 1. The van der Waals surface area contributed by atoms with E-state index in [1.807, 2.05) is 36.3 Å². The molecule has 0 atom stereocenters. The van der Waals surface area contributed by atoms with E-state index in [0.717, 1.165) is 70.7 Å². The smallest absolute Gasteiger partial charge is 0.314 e. The van der Waals surface area contributed by atoms with Gasteiger partial charge < -0.3 is 14.2 Å². The highest BCUT2D eigenvalue weighted by molar-refractivity contribution is 8.12. The molecule has 210 valence electrons. The van der Waals surface area contributed by atoms with Gasteiger partial charge in [-0.25, -0.2) is 0 Å². The summed E-state index contributed by atoms with van der Waals surface area (Å²) in [6.45, 7) is 7.09. The van der Waals surface area contributed by atoms with Crippen LogP contribution in [0.5, 0.6) is 0 Å². The number of pyridine rings is 1. The second-order valence-corrected chi connectivity index (χ2v) is 11.0. The summed E-state index contributed by atoms with van der Waals surface area (Å²) in [6.07, 6.45) is 4.84. The van der Waals surface area contributed by atoms with Crippen LogP contribution in [0.3, 0.4) is 0 Å². The van der Waals surface area contributed by atoms with E-state index < -0.39 is 12.3 Å². The minimum Gasteiger partial charge on any atom is -0.415 e. The second-order valence-electron chi connectivity index (χ2n) is 10.1. The van der Waals surface area contributed by atoms with Crippen molar-refractivity contribution in [3.8, 4) is 22.6 Å². The molecule has 40 heavy (non-hydrogen) atoms. The minimum absolute atomic E-state index is 0.00713. The number of halogens is 2. The first-order valence-corrected chi connectivity index (χ1v) is 14.0. The van der Waals surface area contributed by atoms with Crippen molar-refractivity contribution in [3.05, 3.63) is 60.5 Å². The molecule has 1 fully saturated rings. The lowest BCUT2D eigenvalue weighted by Gasteiger charge is -2.34. The molecule has 3 aromatic heterocycles. The summed E-state index contributed by atoms with van der Waals surface area (Å²) >= 11 is 1.13. The predicted octanol–water partition coefficient (Wildman–Crippen LogP) is 5.90. The molecule has 0 saturated carbocycles. The Bertz CT molecular complexity index is 1430. The number of aromatic nitrogens is 5. The van der Waals surface area contributed by atoms with Crippen LogP contribution < -0.4 is 4.90 Å². The summed E-state index contributed by atoms with van der Waals surface area (Å²) in [6, 6.07) is 10.5. The maximum absolute atomic E-state index is 12.7. The van der Waals surface area contributed by atoms with Crippen molar-refractivity contribution in [2.24, 2.45) is 0 Å². The highest BCUT2D eigenvalue weighted by Gasteiger charge is 2.23. The number of alkyl halides is 2. The minimum atomic E-state index is -2.82. The molecule has 1 aliphatic rings. The first kappa shape index (κ1) is 27.9. The van der Waals surface area contributed by atoms with Crippen LogP contribution >= 0.6 is 11.8 Å². The molecule has 0 spiro atoms. The summed E-state index contributed by atoms with van der Waals surface area (Å²) in [4.78, 5) is 21.3. The van der Waals surface area contributed by atoms with Crippen molar-refractivity contribution < 1.29 is 18.0 Å². The number of hydrogen-bond donors (Lipinski definition) is 0. The number of anilines is 1. The Hall–Kier alpha value is -3.64. The SMILES string of the molecule is CC(C)N1CCC(n2cc(-c3ccc(N(C)Cc4ccc(-c5nnc(C(F)F)o5)cn4)c(SC=O)c3)cn2)CC1. The normalized spacial score (nSPS) is 14.8. The van der Waals surface area contributed by atoms with Gasteiger partial charge >= 0.3 is 6.43 Å². The summed E-state index contributed by atoms with van der Waals surface area (Å²) in [5, 5.41) is 11.7. The van der Waals surface area contributed by atoms with E-state index in [1.165, 1.54) is 6.20 Å². The van der Waals surface area contributed by atoms with Crippen LogP contribution in [0.25, 0.3) is 22.6 Å². The summed E-state index contributed by atoms with van der Waals surface area (Å²) in [7, 11) is 1.92.